The lowest BCUT2D eigenvalue weighted by Gasteiger charge is -2.11. The van der Waals surface area contributed by atoms with Crippen LogP contribution in [0.3, 0.4) is 0 Å². The summed E-state index contributed by atoms with van der Waals surface area (Å²) in [5, 5.41) is 9.76. The second-order valence-corrected chi connectivity index (χ2v) is 7.62. The van der Waals surface area contributed by atoms with Gasteiger partial charge in [-0.1, -0.05) is 26.0 Å². The average Bonchev–Trinajstić information content (AvgIpc) is 3.28. The van der Waals surface area contributed by atoms with E-state index >= 15 is 0 Å². The Morgan fingerprint density at radius 3 is 2.37 bits per heavy atom. The molecule has 2 N–H and O–H groups in total. The normalized spacial score (nSPS) is 10.5. The topological polar surface area (TPSA) is 93.4 Å². The van der Waals surface area contributed by atoms with Crippen molar-refractivity contribution in [1.82, 2.24) is 19.5 Å². The van der Waals surface area contributed by atoms with Crippen LogP contribution in [0, 0.1) is 17.1 Å². The van der Waals surface area contributed by atoms with E-state index < -0.39 is 0 Å². The predicted molar refractivity (Wildman–Crippen MR) is 138 cm³/mol. The fourth-order valence-corrected chi connectivity index (χ4v) is 3.86. The zero-order chi connectivity index (χ0) is 24.9. The van der Waals surface area contributed by atoms with E-state index in [1.54, 1.807) is 30.5 Å². The Morgan fingerprint density at radius 1 is 1.03 bits per heavy atom. The van der Waals surface area contributed by atoms with E-state index in [-0.39, 0.29) is 5.82 Å². The van der Waals surface area contributed by atoms with Crippen LogP contribution in [0.1, 0.15) is 25.0 Å². The van der Waals surface area contributed by atoms with Gasteiger partial charge in [0.05, 0.1) is 16.8 Å². The molecule has 0 radical (unpaired) electrons. The zero-order valence-electron chi connectivity index (χ0n) is 19.2. The van der Waals surface area contributed by atoms with Gasteiger partial charge in [0, 0.05) is 23.3 Å². The molecule has 3 aromatic heterocycles. The molecular weight excluding hydrogens is 463 g/mol. The number of anilines is 1. The number of benzene rings is 2. The van der Waals surface area contributed by atoms with Gasteiger partial charge >= 0.3 is 0 Å². The molecule has 0 aliphatic rings. The molecule has 8 heteroatoms. The number of halogens is 2. The Morgan fingerprint density at radius 2 is 1.74 bits per heavy atom. The number of fused-ring (bicyclic) bond motifs is 1. The summed E-state index contributed by atoms with van der Waals surface area (Å²) in [6.07, 6.45) is 1.61. The highest BCUT2D eigenvalue weighted by atomic mass is 35.5. The fraction of sp³-hybridized carbons (Fsp3) is 0.111. The molecule has 0 amide bonds. The monoisotopic (exact) mass is 484 g/mol. The van der Waals surface area contributed by atoms with Crippen LogP contribution in [0.25, 0.3) is 39.5 Å². The highest BCUT2D eigenvalue weighted by Crippen LogP contribution is 2.33. The van der Waals surface area contributed by atoms with Gasteiger partial charge in [0.25, 0.3) is 0 Å². The Labute approximate surface area is 207 Å². The molecule has 0 fully saturated rings. The molecule has 2 aromatic carbocycles. The quantitative estimate of drug-likeness (QED) is 0.293. The highest BCUT2D eigenvalue weighted by molar-refractivity contribution is 6.17. The average molecular weight is 485 g/mol. The number of nitrogen functional groups attached to an aromatic ring is 1. The number of hydrogen-bond donors (Lipinski definition) is 1. The maximum atomic E-state index is 13.5. The Kier molecular flexibility index (Phi) is 7.04. The molecule has 0 bridgehead atoms. The first-order valence-electron chi connectivity index (χ1n) is 11.0. The molecule has 3 heterocycles. The van der Waals surface area contributed by atoms with E-state index in [0.29, 0.717) is 51.1 Å². The third-order valence-corrected chi connectivity index (χ3v) is 5.61. The molecule has 0 atom stereocenters. The predicted octanol–water partition coefficient (Wildman–Crippen LogP) is 6.51. The van der Waals surface area contributed by atoms with E-state index in [0.717, 1.165) is 11.3 Å². The molecule has 35 heavy (non-hydrogen) atoms. The van der Waals surface area contributed by atoms with Crippen molar-refractivity contribution in [2.24, 2.45) is 0 Å². The number of nitrogens with two attached hydrogens (primary N) is 1. The Balaban J connectivity index is 0.00000141. The van der Waals surface area contributed by atoms with E-state index in [4.69, 9.17) is 27.3 Å². The summed E-state index contributed by atoms with van der Waals surface area (Å²) in [6, 6.07) is 21.0. The molecule has 0 aliphatic carbocycles. The summed E-state index contributed by atoms with van der Waals surface area (Å²) in [6.45, 7) is 4.00. The van der Waals surface area contributed by atoms with Crippen LogP contribution in [0.2, 0.25) is 0 Å². The van der Waals surface area contributed by atoms with Crippen molar-refractivity contribution in [2.45, 2.75) is 19.7 Å². The molecule has 5 aromatic rings. The lowest BCUT2D eigenvalue weighted by Crippen LogP contribution is -2.02. The third kappa shape index (κ3) is 4.57. The number of nitriles is 1. The van der Waals surface area contributed by atoms with Crippen LogP contribution in [-0.4, -0.2) is 19.5 Å². The Hall–Kier alpha value is -4.28. The summed E-state index contributed by atoms with van der Waals surface area (Å²) in [7, 11) is 0. The molecule has 0 saturated carbocycles. The summed E-state index contributed by atoms with van der Waals surface area (Å²) in [4.78, 5) is 13.8. The molecular formula is C27H22ClFN6. The van der Waals surface area contributed by atoms with Gasteiger partial charge < -0.3 is 5.73 Å². The number of nitrogens with zero attached hydrogens (tertiary/aromatic N) is 5. The van der Waals surface area contributed by atoms with E-state index in [1.807, 2.05) is 48.7 Å². The molecule has 0 unspecified atom stereocenters. The molecule has 5 rings (SSSR count). The van der Waals surface area contributed by atoms with Gasteiger partial charge in [-0.3, -0.25) is 4.57 Å². The largest absolute Gasteiger partial charge is 0.383 e. The number of imidazole rings is 1. The van der Waals surface area contributed by atoms with E-state index in [1.165, 1.54) is 12.1 Å². The zero-order valence-corrected chi connectivity index (χ0v) is 20.0. The lowest BCUT2D eigenvalue weighted by molar-refractivity contribution is 0.628. The van der Waals surface area contributed by atoms with E-state index in [9.17, 15) is 9.65 Å². The maximum absolute atomic E-state index is 13.5. The van der Waals surface area contributed by atoms with Crippen LogP contribution in [-0.2, 0) is 5.88 Å². The fourth-order valence-electron chi connectivity index (χ4n) is 3.68. The van der Waals surface area contributed by atoms with Crippen molar-refractivity contribution >= 4 is 28.6 Å². The van der Waals surface area contributed by atoms with E-state index in [2.05, 4.69) is 11.1 Å². The van der Waals surface area contributed by atoms with Crippen LogP contribution in [0.15, 0.2) is 72.9 Å². The van der Waals surface area contributed by atoms with Crippen molar-refractivity contribution < 1.29 is 4.39 Å². The molecule has 0 aliphatic heterocycles. The van der Waals surface area contributed by atoms with Gasteiger partial charge in [0.1, 0.15) is 23.2 Å². The molecule has 0 saturated heterocycles. The first kappa shape index (κ1) is 23.9. The molecule has 0 spiro atoms. The van der Waals surface area contributed by atoms with Crippen molar-refractivity contribution in [3.05, 3.63) is 89.9 Å². The number of rotatable bonds is 4. The standard InChI is InChI=1S/C25H16ClFN6.C2H6/c26-13-15-3-9-19(10-4-15)33-24(20-2-1-11-30-23(20)29)31-21-12-17(14-28)22(32-25(21)33)16-5-7-18(27)8-6-16;1-2/h1-12H,13H2,(H2,29,30);1-2H3. The van der Waals surface area contributed by atoms with Crippen LogP contribution >= 0.6 is 11.6 Å². The first-order valence-corrected chi connectivity index (χ1v) is 11.6. The summed E-state index contributed by atoms with van der Waals surface area (Å²) >= 11 is 5.97. The van der Waals surface area contributed by atoms with Gasteiger partial charge in [-0.15, -0.1) is 11.6 Å². The first-order chi connectivity index (χ1) is 17.1. The van der Waals surface area contributed by atoms with Crippen LogP contribution < -0.4 is 5.73 Å². The number of hydrogen-bond acceptors (Lipinski definition) is 5. The SMILES string of the molecule is CC.N#Cc1cc2nc(-c3cccnc3N)n(-c3ccc(CCl)cc3)c2nc1-c1ccc(F)cc1. The van der Waals surface area contributed by atoms with Crippen molar-refractivity contribution in [2.75, 3.05) is 5.73 Å². The van der Waals surface area contributed by atoms with Crippen LogP contribution in [0.5, 0.6) is 0 Å². The smallest absolute Gasteiger partial charge is 0.165 e. The molecule has 174 valence electrons. The van der Waals surface area contributed by atoms with Gasteiger partial charge in [-0.25, -0.2) is 19.3 Å². The number of alkyl halides is 1. The minimum absolute atomic E-state index is 0.325. The minimum Gasteiger partial charge on any atom is -0.383 e. The van der Waals surface area contributed by atoms with Gasteiger partial charge in [-0.2, -0.15) is 5.26 Å². The minimum atomic E-state index is -0.364. The Bertz CT molecular complexity index is 1520. The third-order valence-electron chi connectivity index (χ3n) is 5.30. The van der Waals surface area contributed by atoms with Gasteiger partial charge in [-0.05, 0) is 60.2 Å². The lowest BCUT2D eigenvalue weighted by atomic mass is 10.1. The summed E-state index contributed by atoms with van der Waals surface area (Å²) in [5.74, 6) is 0.899. The van der Waals surface area contributed by atoms with Gasteiger partial charge in [0.2, 0.25) is 0 Å². The number of aromatic nitrogens is 4. The van der Waals surface area contributed by atoms with Gasteiger partial charge in [0.15, 0.2) is 11.5 Å². The van der Waals surface area contributed by atoms with Crippen molar-refractivity contribution in [1.29, 1.82) is 5.26 Å². The maximum Gasteiger partial charge on any atom is 0.165 e. The summed E-state index contributed by atoms with van der Waals surface area (Å²) < 4.78 is 15.4. The number of pyridine rings is 2. The van der Waals surface area contributed by atoms with Crippen molar-refractivity contribution in [3.8, 4) is 34.4 Å². The van der Waals surface area contributed by atoms with Crippen LogP contribution in [0.4, 0.5) is 10.2 Å². The summed E-state index contributed by atoms with van der Waals surface area (Å²) in [5.41, 5.74) is 11.0. The van der Waals surface area contributed by atoms with Crippen molar-refractivity contribution in [3.63, 3.8) is 0 Å². The second kappa shape index (κ2) is 10.3. The highest BCUT2D eigenvalue weighted by Gasteiger charge is 2.20. The second-order valence-electron chi connectivity index (χ2n) is 7.35. The molecule has 6 nitrogen and oxygen atoms in total.